The first kappa shape index (κ1) is 12.0. The van der Waals surface area contributed by atoms with Crippen LogP contribution in [0.4, 0.5) is 0 Å². The molecule has 1 atom stereocenters. The Labute approximate surface area is 89.6 Å². The fourth-order valence-corrected chi connectivity index (χ4v) is 1.52. The number of carbonyl (C=O) groups is 2. The summed E-state index contributed by atoms with van der Waals surface area (Å²) < 4.78 is 0. The van der Waals surface area contributed by atoms with Crippen molar-refractivity contribution in [2.45, 2.75) is 38.1 Å². The van der Waals surface area contributed by atoms with Gasteiger partial charge in [-0.15, -0.1) is 0 Å². The third-order valence-corrected chi connectivity index (χ3v) is 2.80. The number of primary amides is 1. The van der Waals surface area contributed by atoms with E-state index in [2.05, 4.69) is 5.32 Å². The quantitative estimate of drug-likeness (QED) is 0.518. The van der Waals surface area contributed by atoms with Crippen molar-refractivity contribution in [2.75, 3.05) is 6.54 Å². The second kappa shape index (κ2) is 4.61. The summed E-state index contributed by atoms with van der Waals surface area (Å²) in [6.07, 6.45) is 2.93. The van der Waals surface area contributed by atoms with E-state index in [4.69, 9.17) is 11.5 Å². The zero-order valence-electron chi connectivity index (χ0n) is 9.08. The molecule has 1 unspecified atom stereocenters. The van der Waals surface area contributed by atoms with Crippen LogP contribution in [0.1, 0.15) is 32.6 Å². The lowest BCUT2D eigenvalue weighted by atomic mass is 9.96. The van der Waals surface area contributed by atoms with E-state index in [1.165, 1.54) is 0 Å². The minimum atomic E-state index is -0.757. The predicted octanol–water partition coefficient (Wildman–Crippen LogP) is -0.505. The Bertz CT molecular complexity index is 259. The maximum absolute atomic E-state index is 11.6. The monoisotopic (exact) mass is 213 g/mol. The maximum Gasteiger partial charge on any atom is 0.240 e. The highest BCUT2D eigenvalue weighted by atomic mass is 16.2. The van der Waals surface area contributed by atoms with Gasteiger partial charge in [-0.25, -0.2) is 0 Å². The molecule has 0 aromatic rings. The molecule has 1 saturated carbocycles. The zero-order chi connectivity index (χ0) is 11.5. The van der Waals surface area contributed by atoms with Crippen LogP contribution >= 0.6 is 0 Å². The molecule has 0 saturated heterocycles. The topological polar surface area (TPSA) is 98.2 Å². The predicted molar refractivity (Wildman–Crippen MR) is 56.8 cm³/mol. The summed E-state index contributed by atoms with van der Waals surface area (Å²) in [5, 5.41) is 2.73. The SMILES string of the molecule is CC(N)(C(=O)NCCCC(N)=O)C1CC1. The van der Waals surface area contributed by atoms with Crippen molar-refractivity contribution in [1.82, 2.24) is 5.32 Å². The molecule has 0 radical (unpaired) electrons. The fraction of sp³-hybridized carbons (Fsp3) is 0.800. The summed E-state index contributed by atoms with van der Waals surface area (Å²) in [6.45, 7) is 2.22. The molecule has 5 N–H and O–H groups in total. The van der Waals surface area contributed by atoms with E-state index in [9.17, 15) is 9.59 Å². The van der Waals surface area contributed by atoms with Gasteiger partial charge in [0.2, 0.25) is 11.8 Å². The van der Waals surface area contributed by atoms with E-state index >= 15 is 0 Å². The standard InChI is InChI=1S/C10H19N3O2/c1-10(12,7-4-5-7)9(15)13-6-2-3-8(11)14/h7H,2-6,12H2,1H3,(H2,11,14)(H,13,15). The Morgan fingerprint density at radius 3 is 2.53 bits per heavy atom. The van der Waals surface area contributed by atoms with Gasteiger partial charge in [0.1, 0.15) is 0 Å². The fourth-order valence-electron chi connectivity index (χ4n) is 1.52. The highest BCUT2D eigenvalue weighted by Crippen LogP contribution is 2.37. The van der Waals surface area contributed by atoms with E-state index < -0.39 is 5.54 Å². The Balaban J connectivity index is 2.20. The van der Waals surface area contributed by atoms with Crippen molar-refractivity contribution < 1.29 is 9.59 Å². The molecule has 5 heteroatoms. The van der Waals surface area contributed by atoms with Crippen molar-refractivity contribution in [1.29, 1.82) is 0 Å². The molecule has 1 aliphatic rings. The Hall–Kier alpha value is -1.10. The van der Waals surface area contributed by atoms with Gasteiger partial charge in [-0.2, -0.15) is 0 Å². The Kier molecular flexibility index (Phi) is 3.68. The third-order valence-electron chi connectivity index (χ3n) is 2.80. The summed E-state index contributed by atoms with van der Waals surface area (Å²) in [5.41, 5.74) is 10.1. The van der Waals surface area contributed by atoms with E-state index in [0.717, 1.165) is 12.8 Å². The Morgan fingerprint density at radius 1 is 1.47 bits per heavy atom. The van der Waals surface area contributed by atoms with Gasteiger partial charge in [-0.1, -0.05) is 0 Å². The van der Waals surface area contributed by atoms with Crippen molar-refractivity contribution in [3.63, 3.8) is 0 Å². The molecule has 15 heavy (non-hydrogen) atoms. The van der Waals surface area contributed by atoms with Crippen LogP contribution in [-0.2, 0) is 9.59 Å². The lowest BCUT2D eigenvalue weighted by molar-refractivity contribution is -0.126. The average Bonchev–Trinajstić information content (AvgIpc) is 2.94. The van der Waals surface area contributed by atoms with Crippen molar-refractivity contribution in [3.8, 4) is 0 Å². The summed E-state index contributed by atoms with van der Waals surface area (Å²) in [7, 11) is 0. The van der Waals surface area contributed by atoms with E-state index in [-0.39, 0.29) is 11.8 Å². The highest BCUT2D eigenvalue weighted by Gasteiger charge is 2.43. The third kappa shape index (κ3) is 3.51. The molecule has 0 aliphatic heterocycles. The van der Waals surface area contributed by atoms with Gasteiger partial charge in [0, 0.05) is 13.0 Å². The van der Waals surface area contributed by atoms with Crippen LogP contribution in [0.5, 0.6) is 0 Å². The first-order chi connectivity index (χ1) is 6.94. The highest BCUT2D eigenvalue weighted by molar-refractivity contribution is 5.86. The van der Waals surface area contributed by atoms with E-state index in [1.807, 2.05) is 0 Å². The van der Waals surface area contributed by atoms with Crippen LogP contribution in [0, 0.1) is 5.92 Å². The molecule has 1 rings (SSSR count). The van der Waals surface area contributed by atoms with Gasteiger partial charge in [-0.05, 0) is 32.1 Å². The van der Waals surface area contributed by atoms with Crippen LogP contribution < -0.4 is 16.8 Å². The lowest BCUT2D eigenvalue weighted by Gasteiger charge is -2.22. The summed E-state index contributed by atoms with van der Waals surface area (Å²) in [5.74, 6) is -0.162. The largest absolute Gasteiger partial charge is 0.370 e. The van der Waals surface area contributed by atoms with Gasteiger partial charge < -0.3 is 16.8 Å². The molecule has 0 aromatic carbocycles. The first-order valence-corrected chi connectivity index (χ1v) is 5.30. The molecule has 0 spiro atoms. The van der Waals surface area contributed by atoms with Crippen LogP contribution in [0.25, 0.3) is 0 Å². The molecule has 1 aliphatic carbocycles. The second-order valence-corrected chi connectivity index (χ2v) is 4.38. The van der Waals surface area contributed by atoms with Crippen LogP contribution in [0.3, 0.4) is 0 Å². The minimum Gasteiger partial charge on any atom is -0.370 e. The van der Waals surface area contributed by atoms with E-state index in [0.29, 0.717) is 25.3 Å². The molecule has 0 heterocycles. The molecule has 86 valence electrons. The molecule has 0 aromatic heterocycles. The molecule has 0 bridgehead atoms. The summed E-state index contributed by atoms with van der Waals surface area (Å²) in [4.78, 5) is 22.1. The second-order valence-electron chi connectivity index (χ2n) is 4.38. The maximum atomic E-state index is 11.6. The smallest absolute Gasteiger partial charge is 0.240 e. The number of hydrogen-bond donors (Lipinski definition) is 3. The number of rotatable bonds is 6. The minimum absolute atomic E-state index is 0.130. The number of hydrogen-bond acceptors (Lipinski definition) is 3. The van der Waals surface area contributed by atoms with Gasteiger partial charge in [0.15, 0.2) is 0 Å². The first-order valence-electron chi connectivity index (χ1n) is 5.30. The van der Waals surface area contributed by atoms with Gasteiger partial charge in [-0.3, -0.25) is 9.59 Å². The molecule has 5 nitrogen and oxygen atoms in total. The van der Waals surface area contributed by atoms with Crippen molar-refractivity contribution >= 4 is 11.8 Å². The average molecular weight is 213 g/mol. The van der Waals surface area contributed by atoms with Crippen LogP contribution in [-0.4, -0.2) is 23.9 Å². The number of nitrogens with two attached hydrogens (primary N) is 2. The van der Waals surface area contributed by atoms with E-state index in [1.54, 1.807) is 6.92 Å². The van der Waals surface area contributed by atoms with Crippen molar-refractivity contribution in [3.05, 3.63) is 0 Å². The molecular formula is C10H19N3O2. The van der Waals surface area contributed by atoms with Crippen LogP contribution in [0.15, 0.2) is 0 Å². The van der Waals surface area contributed by atoms with Crippen molar-refractivity contribution in [2.24, 2.45) is 17.4 Å². The molecule has 1 fully saturated rings. The summed E-state index contributed by atoms with van der Waals surface area (Å²) in [6, 6.07) is 0. The van der Waals surface area contributed by atoms with Gasteiger partial charge >= 0.3 is 0 Å². The molecule has 2 amide bonds. The van der Waals surface area contributed by atoms with Gasteiger partial charge in [0.05, 0.1) is 5.54 Å². The number of carbonyl (C=O) groups excluding carboxylic acids is 2. The van der Waals surface area contributed by atoms with Gasteiger partial charge in [0.25, 0.3) is 0 Å². The zero-order valence-corrected chi connectivity index (χ0v) is 9.08. The summed E-state index contributed by atoms with van der Waals surface area (Å²) >= 11 is 0. The normalized spacial score (nSPS) is 19.3. The lowest BCUT2D eigenvalue weighted by Crippen LogP contribution is -2.53. The van der Waals surface area contributed by atoms with Crippen LogP contribution in [0.2, 0.25) is 0 Å². The Morgan fingerprint density at radius 2 is 2.07 bits per heavy atom. The number of amides is 2. The number of nitrogens with one attached hydrogen (secondary N) is 1. The molecular weight excluding hydrogens is 194 g/mol.